The van der Waals surface area contributed by atoms with Gasteiger partial charge in [-0.2, -0.15) is 26.3 Å². The number of carboxylic acid groups (broad SMARTS) is 1. The van der Waals surface area contributed by atoms with Crippen molar-refractivity contribution in [2.24, 2.45) is 11.3 Å². The summed E-state index contributed by atoms with van der Waals surface area (Å²) in [6.07, 6.45) is 0. The fourth-order valence-corrected chi connectivity index (χ4v) is 5.16. The predicted octanol–water partition coefficient (Wildman–Crippen LogP) is 5.23. The SMILES string of the molecule is C=C(C(=O)O)C(C)C12C(F)(F)C3(F)C(F)(F)C(F)(C(F)(F)C(F)(C3(F)F)C1(F)F)C2(F)F. The molecule has 4 bridgehead atoms. The van der Waals surface area contributed by atoms with Gasteiger partial charge in [0.2, 0.25) is 0 Å². The van der Waals surface area contributed by atoms with Crippen molar-refractivity contribution in [2.45, 2.75) is 59.5 Å². The molecule has 4 saturated carbocycles. The normalized spacial score (nSPS) is 46.5. The minimum Gasteiger partial charge on any atom is -0.478 e. The first-order chi connectivity index (χ1) is 13.8. The van der Waals surface area contributed by atoms with Crippen LogP contribution < -0.4 is 0 Å². The lowest BCUT2D eigenvalue weighted by molar-refractivity contribution is -0.616. The van der Waals surface area contributed by atoms with E-state index in [9.17, 15) is 70.7 Å². The molecule has 0 aromatic rings. The van der Waals surface area contributed by atoms with E-state index in [0.29, 0.717) is 0 Å². The molecule has 1 atom stereocenters. The van der Waals surface area contributed by atoms with Crippen LogP contribution >= 0.6 is 0 Å². The van der Waals surface area contributed by atoms with Crippen molar-refractivity contribution in [3.63, 3.8) is 0 Å². The van der Waals surface area contributed by atoms with E-state index < -0.39 is 82.3 Å². The first kappa shape index (κ1) is 24.8. The third-order valence-corrected chi connectivity index (χ3v) is 6.83. The van der Waals surface area contributed by atoms with Crippen LogP contribution in [0.15, 0.2) is 12.2 Å². The average molecular weight is 504 g/mol. The molecule has 4 aliphatic rings. The molecule has 0 aromatic carbocycles. The molecule has 17 heteroatoms. The molecule has 0 radical (unpaired) electrons. The number of halogens is 15. The van der Waals surface area contributed by atoms with Crippen molar-refractivity contribution in [2.75, 3.05) is 0 Å². The van der Waals surface area contributed by atoms with Crippen LogP contribution in [0.2, 0.25) is 0 Å². The van der Waals surface area contributed by atoms with Gasteiger partial charge in [0, 0.05) is 11.5 Å². The third kappa shape index (κ3) is 1.44. The Morgan fingerprint density at radius 3 is 1.00 bits per heavy atom. The maximum Gasteiger partial charge on any atom is 0.339 e. The van der Waals surface area contributed by atoms with Gasteiger partial charge < -0.3 is 5.11 Å². The molecule has 2 nitrogen and oxygen atoms in total. The van der Waals surface area contributed by atoms with Crippen molar-refractivity contribution in [3.8, 4) is 0 Å². The highest BCUT2D eigenvalue weighted by Crippen LogP contribution is 2.91. The lowest BCUT2D eigenvalue weighted by Crippen LogP contribution is -3.08. The number of alkyl halides is 15. The van der Waals surface area contributed by atoms with Crippen LogP contribution in [0.4, 0.5) is 65.9 Å². The summed E-state index contributed by atoms with van der Waals surface area (Å²) in [6, 6.07) is 0. The summed E-state index contributed by atoms with van der Waals surface area (Å²) >= 11 is 0. The van der Waals surface area contributed by atoms with E-state index in [-0.39, 0.29) is 0 Å². The maximum atomic E-state index is 14.9. The molecule has 4 rings (SSSR count). The Morgan fingerprint density at radius 2 is 0.812 bits per heavy atom. The Labute approximate surface area is 166 Å². The van der Waals surface area contributed by atoms with Crippen LogP contribution in [0.5, 0.6) is 0 Å². The first-order valence-electron chi connectivity index (χ1n) is 8.02. The average Bonchev–Trinajstić information content (AvgIpc) is 2.60. The molecule has 0 saturated heterocycles. The quantitative estimate of drug-likeness (QED) is 0.423. The highest BCUT2D eigenvalue weighted by Gasteiger charge is 3.22. The lowest BCUT2D eigenvalue weighted by Gasteiger charge is -2.76. The summed E-state index contributed by atoms with van der Waals surface area (Å²) in [5.41, 5.74) is -32.3. The zero-order chi connectivity index (χ0) is 25.7. The van der Waals surface area contributed by atoms with E-state index in [1.54, 1.807) is 0 Å². The number of rotatable bonds is 3. The molecule has 0 amide bonds. The van der Waals surface area contributed by atoms with E-state index in [1.165, 1.54) is 0 Å². The maximum absolute atomic E-state index is 14.9. The van der Waals surface area contributed by atoms with Crippen molar-refractivity contribution in [1.29, 1.82) is 0 Å². The van der Waals surface area contributed by atoms with E-state index >= 15 is 0 Å². The predicted molar refractivity (Wildman–Crippen MR) is 69.6 cm³/mol. The standard InChI is InChI=1S/C15H7F15O2/c1-3(5(31)32)4(2)6-10(19,20)7(16)13(25,26)8(17,11(6,21)22)15(29,30)9(18,12(6,23)24)14(7,27)28/h4H,1H2,2H3,(H,31,32). The van der Waals surface area contributed by atoms with Gasteiger partial charge in [-0.15, -0.1) is 0 Å². The van der Waals surface area contributed by atoms with E-state index in [1.807, 2.05) is 0 Å². The molecule has 32 heavy (non-hydrogen) atoms. The number of aliphatic carboxylic acids is 1. The van der Waals surface area contributed by atoms with Crippen molar-refractivity contribution < 1.29 is 75.8 Å². The van der Waals surface area contributed by atoms with Crippen molar-refractivity contribution in [3.05, 3.63) is 12.2 Å². The monoisotopic (exact) mass is 504 g/mol. The summed E-state index contributed by atoms with van der Waals surface area (Å²) in [4.78, 5) is 10.9. The van der Waals surface area contributed by atoms with Gasteiger partial charge in [-0.1, -0.05) is 13.5 Å². The summed E-state index contributed by atoms with van der Waals surface area (Å²) in [5.74, 6) is -53.4. The van der Waals surface area contributed by atoms with Gasteiger partial charge in [-0.3, -0.25) is 0 Å². The van der Waals surface area contributed by atoms with Gasteiger partial charge in [-0.25, -0.2) is 44.3 Å². The summed E-state index contributed by atoms with van der Waals surface area (Å²) in [7, 11) is 0. The minimum atomic E-state index is -7.89. The Hall–Kier alpha value is -1.84. The number of carboxylic acids is 1. The number of hydrogen-bond acceptors (Lipinski definition) is 1. The Balaban J connectivity index is 2.74. The molecule has 0 aromatic heterocycles. The minimum absolute atomic E-state index is 0.496. The fourth-order valence-electron chi connectivity index (χ4n) is 5.16. The zero-order valence-corrected chi connectivity index (χ0v) is 14.8. The molecule has 4 aliphatic carbocycles. The van der Waals surface area contributed by atoms with Gasteiger partial charge in [0.25, 0.3) is 0 Å². The molecule has 1 unspecified atom stereocenters. The third-order valence-electron chi connectivity index (χ3n) is 6.83. The van der Waals surface area contributed by atoms with Crippen LogP contribution in [-0.2, 0) is 4.79 Å². The summed E-state index contributed by atoms with van der Waals surface area (Å²) < 4.78 is 220. The largest absolute Gasteiger partial charge is 0.478 e. The van der Waals surface area contributed by atoms with Crippen LogP contribution in [0.25, 0.3) is 0 Å². The Kier molecular flexibility index (Phi) is 3.97. The van der Waals surface area contributed by atoms with Gasteiger partial charge in [0.1, 0.15) is 0 Å². The second-order valence-electron chi connectivity index (χ2n) is 7.78. The second-order valence-corrected chi connectivity index (χ2v) is 7.78. The molecule has 0 heterocycles. The number of hydrogen-bond donors (Lipinski definition) is 1. The van der Waals surface area contributed by atoms with Gasteiger partial charge in [-0.05, 0) is 0 Å². The van der Waals surface area contributed by atoms with Crippen molar-refractivity contribution >= 4 is 5.97 Å². The molecule has 0 spiro atoms. The van der Waals surface area contributed by atoms with Gasteiger partial charge in [0.15, 0.2) is 5.41 Å². The Bertz CT molecular complexity index is 824. The molecule has 0 aliphatic heterocycles. The molecule has 4 fully saturated rings. The zero-order valence-electron chi connectivity index (χ0n) is 14.8. The number of carbonyl (C=O) groups is 1. The highest BCUT2D eigenvalue weighted by atomic mass is 19.3. The van der Waals surface area contributed by atoms with Crippen LogP contribution in [0.1, 0.15) is 6.92 Å². The Morgan fingerprint density at radius 1 is 0.594 bits per heavy atom. The van der Waals surface area contributed by atoms with Crippen LogP contribution in [-0.4, -0.2) is 63.6 Å². The summed E-state index contributed by atoms with van der Waals surface area (Å²) in [5, 5.41) is 8.71. The van der Waals surface area contributed by atoms with Crippen LogP contribution in [0.3, 0.4) is 0 Å². The fraction of sp³-hybridized carbons (Fsp3) is 0.800. The van der Waals surface area contributed by atoms with Crippen LogP contribution in [0, 0.1) is 11.3 Å². The highest BCUT2D eigenvalue weighted by molar-refractivity contribution is 5.86. The van der Waals surface area contributed by atoms with Gasteiger partial charge in [0.05, 0.1) is 0 Å². The van der Waals surface area contributed by atoms with Crippen molar-refractivity contribution in [1.82, 2.24) is 0 Å². The van der Waals surface area contributed by atoms with E-state index in [0.717, 1.165) is 0 Å². The summed E-state index contributed by atoms with van der Waals surface area (Å²) in [6.45, 7) is 1.76. The molecule has 1 N–H and O–H groups in total. The van der Waals surface area contributed by atoms with E-state index in [4.69, 9.17) is 5.11 Å². The topological polar surface area (TPSA) is 37.3 Å². The van der Waals surface area contributed by atoms with E-state index in [2.05, 4.69) is 6.58 Å². The lowest BCUT2D eigenvalue weighted by atomic mass is 9.34. The first-order valence-corrected chi connectivity index (χ1v) is 8.02. The smallest absolute Gasteiger partial charge is 0.339 e. The second kappa shape index (κ2) is 5.13. The van der Waals surface area contributed by atoms with Gasteiger partial charge >= 0.3 is 58.5 Å². The molecular weight excluding hydrogens is 497 g/mol. The molecular formula is C15H7F15O2. The molecule has 184 valence electrons.